The van der Waals surface area contributed by atoms with Crippen molar-refractivity contribution in [3.05, 3.63) is 4.88 Å². The van der Waals surface area contributed by atoms with Crippen LogP contribution >= 0.6 is 11.3 Å². The largest absolute Gasteiger partial charge is 0.382 e. The molecule has 0 saturated carbocycles. The molecule has 1 aromatic heterocycles. The fraction of sp³-hybridized carbons (Fsp3) is 0.692. The topological polar surface area (TPSA) is 98.5 Å². The van der Waals surface area contributed by atoms with E-state index in [2.05, 4.69) is 15.6 Å². The van der Waals surface area contributed by atoms with E-state index >= 15 is 0 Å². The number of rotatable bonds is 7. The summed E-state index contributed by atoms with van der Waals surface area (Å²) >= 11 is 1.24. The molecular formula is C13H24N4O3S. The lowest BCUT2D eigenvalue weighted by Gasteiger charge is -2.19. The van der Waals surface area contributed by atoms with Crippen LogP contribution in [-0.2, 0) is 9.47 Å². The number of nitrogen functional groups attached to an aromatic ring is 1. The normalized spacial score (nSPS) is 13.0. The highest BCUT2D eigenvalue weighted by molar-refractivity contribution is 7.18. The molecule has 0 radical (unpaired) electrons. The minimum atomic E-state index is -0.259. The number of nitrogens with one attached hydrogen (secondary N) is 2. The van der Waals surface area contributed by atoms with Gasteiger partial charge in [-0.2, -0.15) is 0 Å². The van der Waals surface area contributed by atoms with Gasteiger partial charge in [0.1, 0.15) is 10.7 Å². The molecule has 8 heteroatoms. The average molecular weight is 316 g/mol. The Bertz CT molecular complexity index is 470. The molecule has 1 heterocycles. The maximum absolute atomic E-state index is 12.1. The van der Waals surface area contributed by atoms with E-state index in [4.69, 9.17) is 15.2 Å². The van der Waals surface area contributed by atoms with Crippen molar-refractivity contribution in [1.82, 2.24) is 10.3 Å². The number of carbonyl (C=O) groups excluding carboxylic acids is 1. The van der Waals surface area contributed by atoms with Crippen LogP contribution in [0.3, 0.4) is 0 Å². The van der Waals surface area contributed by atoms with Gasteiger partial charge in [-0.25, -0.2) is 4.98 Å². The van der Waals surface area contributed by atoms with Gasteiger partial charge in [0.2, 0.25) is 0 Å². The van der Waals surface area contributed by atoms with Crippen molar-refractivity contribution < 1.29 is 14.3 Å². The van der Waals surface area contributed by atoms with Gasteiger partial charge in [0, 0.05) is 26.3 Å². The lowest BCUT2D eigenvalue weighted by Crippen LogP contribution is -2.35. The van der Waals surface area contributed by atoms with Gasteiger partial charge in [0.15, 0.2) is 5.13 Å². The molecule has 0 aliphatic rings. The quantitative estimate of drug-likeness (QED) is 0.702. The van der Waals surface area contributed by atoms with Crippen molar-refractivity contribution in [3.8, 4) is 0 Å². The molecule has 0 fully saturated rings. The molecule has 1 atom stereocenters. The van der Waals surface area contributed by atoms with E-state index in [9.17, 15) is 4.79 Å². The number of methoxy groups -OCH3 is 2. The van der Waals surface area contributed by atoms with Crippen LogP contribution in [-0.4, -0.2) is 49.9 Å². The second-order valence-electron chi connectivity index (χ2n) is 5.63. The van der Waals surface area contributed by atoms with E-state index in [1.54, 1.807) is 14.2 Å². The molecule has 0 bridgehead atoms. The van der Waals surface area contributed by atoms with Crippen LogP contribution in [0, 0.1) is 0 Å². The molecule has 1 aromatic rings. The van der Waals surface area contributed by atoms with E-state index < -0.39 is 0 Å². The number of nitrogens with zero attached hydrogens (tertiary/aromatic N) is 1. The highest BCUT2D eigenvalue weighted by Crippen LogP contribution is 2.27. The van der Waals surface area contributed by atoms with Crippen LogP contribution in [0.2, 0.25) is 0 Å². The zero-order chi connectivity index (χ0) is 16.0. The second kappa shape index (κ2) is 7.58. The summed E-state index contributed by atoms with van der Waals surface area (Å²) in [5, 5.41) is 6.60. The Kier molecular flexibility index (Phi) is 6.38. The lowest BCUT2D eigenvalue weighted by atomic mass is 10.1. The van der Waals surface area contributed by atoms with Gasteiger partial charge < -0.3 is 25.8 Å². The fourth-order valence-electron chi connectivity index (χ4n) is 1.55. The van der Waals surface area contributed by atoms with E-state index in [0.717, 1.165) is 0 Å². The van der Waals surface area contributed by atoms with Crippen molar-refractivity contribution in [2.75, 3.05) is 38.4 Å². The molecule has 0 aromatic carbocycles. The third-order valence-electron chi connectivity index (χ3n) is 2.52. The van der Waals surface area contributed by atoms with Gasteiger partial charge in [0.05, 0.1) is 12.7 Å². The molecule has 7 nitrogen and oxygen atoms in total. The minimum absolute atomic E-state index is 0.141. The van der Waals surface area contributed by atoms with E-state index in [1.807, 2.05) is 20.8 Å². The summed E-state index contributed by atoms with van der Waals surface area (Å²) < 4.78 is 10.2. The average Bonchev–Trinajstić information content (AvgIpc) is 2.72. The van der Waals surface area contributed by atoms with Gasteiger partial charge in [-0.05, 0) is 20.8 Å². The highest BCUT2D eigenvalue weighted by Gasteiger charge is 2.20. The second-order valence-corrected chi connectivity index (χ2v) is 6.63. The molecule has 1 unspecified atom stereocenters. The fourth-order valence-corrected chi connectivity index (χ4v) is 2.56. The summed E-state index contributed by atoms with van der Waals surface area (Å²) in [6.07, 6.45) is -0.194. The van der Waals surface area contributed by atoms with Gasteiger partial charge in [-0.3, -0.25) is 4.79 Å². The van der Waals surface area contributed by atoms with Crippen LogP contribution in [0.4, 0.5) is 10.9 Å². The highest BCUT2D eigenvalue weighted by atomic mass is 32.1. The molecule has 0 saturated heterocycles. The van der Waals surface area contributed by atoms with Crippen molar-refractivity contribution in [2.45, 2.75) is 32.4 Å². The summed E-state index contributed by atoms with van der Waals surface area (Å²) in [4.78, 5) is 16.7. The van der Waals surface area contributed by atoms with Crippen molar-refractivity contribution in [2.24, 2.45) is 0 Å². The van der Waals surface area contributed by atoms with Crippen molar-refractivity contribution >= 4 is 28.2 Å². The molecular weight excluding hydrogens is 292 g/mol. The molecule has 0 aliphatic heterocycles. The van der Waals surface area contributed by atoms with Gasteiger partial charge in [-0.1, -0.05) is 11.3 Å². The summed E-state index contributed by atoms with van der Waals surface area (Å²) in [6, 6.07) is 0. The Balaban J connectivity index is 2.66. The predicted molar refractivity (Wildman–Crippen MR) is 84.9 cm³/mol. The van der Waals surface area contributed by atoms with Crippen LogP contribution < -0.4 is 16.4 Å². The van der Waals surface area contributed by atoms with Crippen LogP contribution in [0.1, 0.15) is 30.4 Å². The number of hydrogen-bond acceptors (Lipinski definition) is 7. The number of hydrogen-bond donors (Lipinski definition) is 3. The lowest BCUT2D eigenvalue weighted by molar-refractivity contribution is 0.0286. The first-order chi connectivity index (χ1) is 9.76. The molecule has 0 spiro atoms. The summed E-state index contributed by atoms with van der Waals surface area (Å²) in [5.74, 6) is -0.0323. The van der Waals surface area contributed by atoms with Gasteiger partial charge in [0.25, 0.3) is 5.91 Å². The number of ether oxygens (including phenoxy) is 2. The Hall–Kier alpha value is -1.38. The maximum atomic E-state index is 12.1. The Labute approximate surface area is 129 Å². The van der Waals surface area contributed by atoms with Gasteiger partial charge >= 0.3 is 0 Å². The number of nitrogens with two attached hydrogens (primary N) is 1. The Morgan fingerprint density at radius 1 is 1.43 bits per heavy atom. The Morgan fingerprint density at radius 2 is 2.10 bits per heavy atom. The van der Waals surface area contributed by atoms with Crippen molar-refractivity contribution in [3.63, 3.8) is 0 Å². The maximum Gasteiger partial charge on any atom is 0.265 e. The zero-order valence-electron chi connectivity index (χ0n) is 13.1. The predicted octanol–water partition coefficient (Wildman–Crippen LogP) is 1.33. The molecule has 0 aliphatic carbocycles. The number of carbonyl (C=O) groups is 1. The monoisotopic (exact) mass is 316 g/mol. The van der Waals surface area contributed by atoms with Gasteiger partial charge in [-0.15, -0.1) is 0 Å². The van der Waals surface area contributed by atoms with E-state index in [0.29, 0.717) is 23.2 Å². The SMILES string of the molecule is COCC(CNC(=O)c1sc(NC(C)(C)C)nc1N)OC. The van der Waals surface area contributed by atoms with E-state index in [-0.39, 0.29) is 23.4 Å². The number of anilines is 2. The van der Waals surface area contributed by atoms with Crippen LogP contribution in [0.25, 0.3) is 0 Å². The first-order valence-corrected chi connectivity index (χ1v) is 7.43. The third-order valence-corrected chi connectivity index (χ3v) is 3.50. The zero-order valence-corrected chi connectivity index (χ0v) is 14.0. The summed E-state index contributed by atoms with van der Waals surface area (Å²) in [6.45, 7) is 6.79. The smallest absolute Gasteiger partial charge is 0.265 e. The Morgan fingerprint density at radius 3 is 2.62 bits per heavy atom. The summed E-state index contributed by atoms with van der Waals surface area (Å²) in [7, 11) is 3.15. The summed E-state index contributed by atoms with van der Waals surface area (Å²) in [5.41, 5.74) is 5.66. The first-order valence-electron chi connectivity index (χ1n) is 6.61. The molecule has 1 amide bonds. The standard InChI is InChI=1S/C13H24N4O3S/c1-13(2,3)17-12-16-10(14)9(21-12)11(18)15-6-8(20-5)7-19-4/h8H,6-7,14H2,1-5H3,(H,15,18)(H,16,17). The number of aromatic nitrogens is 1. The molecule has 120 valence electrons. The number of amides is 1. The molecule has 1 rings (SSSR count). The van der Waals surface area contributed by atoms with Crippen LogP contribution in [0.15, 0.2) is 0 Å². The van der Waals surface area contributed by atoms with E-state index in [1.165, 1.54) is 11.3 Å². The molecule has 21 heavy (non-hydrogen) atoms. The molecule has 4 N–H and O–H groups in total. The third kappa shape index (κ3) is 5.86. The van der Waals surface area contributed by atoms with Crippen molar-refractivity contribution in [1.29, 1.82) is 0 Å². The number of thiazole rings is 1. The minimum Gasteiger partial charge on any atom is -0.382 e. The van der Waals surface area contributed by atoms with Crippen LogP contribution in [0.5, 0.6) is 0 Å². The first kappa shape index (κ1) is 17.7.